The van der Waals surface area contributed by atoms with Crippen molar-refractivity contribution in [1.82, 2.24) is 30.3 Å². The number of aromatic amines is 1. The molecule has 3 aromatic rings. The maximum absolute atomic E-state index is 13.2. The molecule has 0 radical (unpaired) electrons. The quantitative estimate of drug-likeness (QED) is 0.715. The van der Waals surface area contributed by atoms with Gasteiger partial charge in [0.25, 0.3) is 5.91 Å². The smallest absolute Gasteiger partial charge is 0.348 e. The maximum atomic E-state index is 13.2. The van der Waals surface area contributed by atoms with Gasteiger partial charge >= 0.3 is 6.18 Å². The van der Waals surface area contributed by atoms with Crippen molar-refractivity contribution in [2.45, 2.75) is 32.6 Å². The highest BCUT2D eigenvalue weighted by molar-refractivity contribution is 5.95. The molecule has 0 bridgehead atoms. The van der Waals surface area contributed by atoms with Gasteiger partial charge in [-0.15, -0.1) is 0 Å². The van der Waals surface area contributed by atoms with E-state index in [4.69, 9.17) is 0 Å². The molecule has 27 heavy (non-hydrogen) atoms. The number of rotatable bonds is 5. The molecule has 0 fully saturated rings. The van der Waals surface area contributed by atoms with E-state index in [1.807, 2.05) is 0 Å². The van der Waals surface area contributed by atoms with E-state index in [0.29, 0.717) is 6.54 Å². The van der Waals surface area contributed by atoms with Crippen molar-refractivity contribution in [3.05, 3.63) is 53.9 Å². The third kappa shape index (κ3) is 4.15. The molecule has 2 heterocycles. The summed E-state index contributed by atoms with van der Waals surface area (Å²) in [6, 6.07) is 5.78. The van der Waals surface area contributed by atoms with E-state index in [1.165, 1.54) is 31.7 Å². The lowest BCUT2D eigenvalue weighted by Gasteiger charge is -2.14. The molecular weight excluding hydrogens is 361 g/mol. The number of halogens is 3. The predicted octanol–water partition coefficient (Wildman–Crippen LogP) is 2.81. The Morgan fingerprint density at radius 1 is 1.37 bits per heavy atom. The lowest BCUT2D eigenvalue weighted by atomic mass is 10.0. The van der Waals surface area contributed by atoms with Gasteiger partial charge in [0.1, 0.15) is 12.7 Å². The van der Waals surface area contributed by atoms with Crippen molar-refractivity contribution in [3.8, 4) is 11.1 Å². The Bertz CT molecular complexity index is 933. The van der Waals surface area contributed by atoms with E-state index in [9.17, 15) is 18.0 Å². The molecule has 0 aliphatic rings. The monoisotopic (exact) mass is 378 g/mol. The lowest BCUT2D eigenvalue weighted by molar-refractivity contribution is -0.140. The van der Waals surface area contributed by atoms with Crippen molar-refractivity contribution in [1.29, 1.82) is 0 Å². The Balaban J connectivity index is 1.82. The first-order chi connectivity index (χ1) is 12.8. The predicted molar refractivity (Wildman–Crippen MR) is 90.7 cm³/mol. The van der Waals surface area contributed by atoms with Gasteiger partial charge in [-0.25, -0.2) is 4.98 Å². The molecular formula is C17H17F3N6O. The maximum Gasteiger partial charge on any atom is 0.435 e. The second kappa shape index (κ2) is 7.22. The van der Waals surface area contributed by atoms with Crippen LogP contribution >= 0.6 is 0 Å². The van der Waals surface area contributed by atoms with E-state index in [0.717, 1.165) is 0 Å². The van der Waals surface area contributed by atoms with E-state index in [2.05, 4.69) is 25.6 Å². The molecule has 1 amide bonds. The van der Waals surface area contributed by atoms with E-state index < -0.39 is 11.9 Å². The number of carbonyl (C=O) groups is 1. The normalized spacial score (nSPS) is 12.8. The zero-order chi connectivity index (χ0) is 19.6. The summed E-state index contributed by atoms with van der Waals surface area (Å²) in [6.45, 7) is 3.72. The second-order valence-corrected chi connectivity index (χ2v) is 6.14. The van der Waals surface area contributed by atoms with Gasteiger partial charge in [-0.1, -0.05) is 12.1 Å². The fraction of sp³-hybridized carbons (Fsp3) is 0.294. The number of alkyl halides is 3. The van der Waals surface area contributed by atoms with E-state index in [1.54, 1.807) is 23.7 Å². The Morgan fingerprint density at radius 3 is 2.81 bits per heavy atom. The number of aromatic nitrogens is 5. The van der Waals surface area contributed by atoms with Crippen LogP contribution in [0.15, 0.2) is 36.9 Å². The molecule has 10 heteroatoms. The number of hydrogen-bond acceptors (Lipinski definition) is 4. The number of nitrogens with zero attached hydrogens (tertiary/aromatic N) is 4. The highest BCUT2D eigenvalue weighted by atomic mass is 19.4. The molecule has 2 N–H and O–H groups in total. The molecule has 0 spiro atoms. The molecule has 0 aliphatic carbocycles. The van der Waals surface area contributed by atoms with Crippen LogP contribution in [0.25, 0.3) is 11.1 Å². The van der Waals surface area contributed by atoms with Crippen LogP contribution in [0, 0.1) is 6.92 Å². The molecule has 2 aromatic heterocycles. The van der Waals surface area contributed by atoms with E-state index >= 15 is 0 Å². The molecule has 7 nitrogen and oxygen atoms in total. The zero-order valence-corrected chi connectivity index (χ0v) is 14.6. The van der Waals surface area contributed by atoms with Crippen LogP contribution in [0.3, 0.4) is 0 Å². The summed E-state index contributed by atoms with van der Waals surface area (Å²) in [5, 5.41) is 12.5. The Morgan fingerprint density at radius 2 is 2.15 bits per heavy atom. The van der Waals surface area contributed by atoms with Crippen LogP contribution < -0.4 is 5.32 Å². The largest absolute Gasteiger partial charge is 0.435 e. The minimum atomic E-state index is -4.59. The van der Waals surface area contributed by atoms with Crippen molar-refractivity contribution >= 4 is 5.91 Å². The average molecular weight is 378 g/mol. The standard InChI is InChI=1S/C17H17F3N6O/c1-10(7-26-9-21-8-22-26)23-16(27)13-5-3-4-12(6-13)14-11(2)24-25-15(14)17(18,19)20/h3-6,8-10H,7H2,1-2H3,(H,23,27)(H,24,25)/t10-/m1/s1. The third-order valence-electron chi connectivity index (χ3n) is 3.93. The van der Waals surface area contributed by atoms with Crippen LogP contribution in [0.4, 0.5) is 13.2 Å². The van der Waals surface area contributed by atoms with Crippen LogP contribution in [-0.4, -0.2) is 36.9 Å². The number of aryl methyl sites for hydroxylation is 1. The molecule has 0 saturated heterocycles. The molecule has 0 saturated carbocycles. The number of amides is 1. The highest BCUT2D eigenvalue weighted by Gasteiger charge is 2.37. The Hall–Kier alpha value is -3.17. The van der Waals surface area contributed by atoms with Crippen molar-refractivity contribution in [3.63, 3.8) is 0 Å². The first-order valence-corrected chi connectivity index (χ1v) is 8.11. The summed E-state index contributed by atoms with van der Waals surface area (Å²) >= 11 is 0. The summed E-state index contributed by atoms with van der Waals surface area (Å²) in [6.07, 6.45) is -1.67. The number of nitrogens with one attached hydrogen (secondary N) is 2. The minimum absolute atomic E-state index is 0.0622. The average Bonchev–Trinajstić information content (AvgIpc) is 3.23. The minimum Gasteiger partial charge on any atom is -0.348 e. The zero-order valence-electron chi connectivity index (χ0n) is 14.6. The van der Waals surface area contributed by atoms with Crippen LogP contribution in [0.1, 0.15) is 28.7 Å². The first-order valence-electron chi connectivity index (χ1n) is 8.11. The van der Waals surface area contributed by atoms with Crippen LogP contribution in [-0.2, 0) is 12.7 Å². The Labute approximate surface area is 152 Å². The summed E-state index contributed by atoms with van der Waals surface area (Å²) < 4.78 is 41.1. The number of carbonyl (C=O) groups excluding carboxylic acids is 1. The van der Waals surface area contributed by atoms with Gasteiger partial charge in [-0.3, -0.25) is 14.6 Å². The van der Waals surface area contributed by atoms with Gasteiger partial charge in [0.15, 0.2) is 5.69 Å². The third-order valence-corrected chi connectivity index (χ3v) is 3.93. The Kier molecular flexibility index (Phi) is 4.98. The second-order valence-electron chi connectivity index (χ2n) is 6.14. The van der Waals surface area contributed by atoms with Gasteiger partial charge in [0.2, 0.25) is 0 Å². The van der Waals surface area contributed by atoms with Crippen molar-refractivity contribution in [2.75, 3.05) is 0 Å². The SMILES string of the molecule is Cc1[nH]nc(C(F)(F)F)c1-c1cccc(C(=O)N[C@H](C)Cn2cncn2)c1. The van der Waals surface area contributed by atoms with E-state index in [-0.39, 0.29) is 34.3 Å². The molecule has 1 aromatic carbocycles. The highest BCUT2D eigenvalue weighted by Crippen LogP contribution is 2.37. The summed E-state index contributed by atoms with van der Waals surface area (Å²) in [4.78, 5) is 16.3. The number of hydrogen-bond donors (Lipinski definition) is 2. The summed E-state index contributed by atoms with van der Waals surface area (Å²) in [7, 11) is 0. The molecule has 142 valence electrons. The lowest BCUT2D eigenvalue weighted by Crippen LogP contribution is -2.35. The molecule has 3 rings (SSSR count). The molecule has 0 unspecified atom stereocenters. The van der Waals surface area contributed by atoms with Gasteiger partial charge < -0.3 is 5.32 Å². The summed E-state index contributed by atoms with van der Waals surface area (Å²) in [5.41, 5.74) is -0.263. The number of benzene rings is 1. The van der Waals surface area contributed by atoms with Gasteiger partial charge in [-0.2, -0.15) is 23.4 Å². The van der Waals surface area contributed by atoms with Crippen molar-refractivity contribution < 1.29 is 18.0 Å². The van der Waals surface area contributed by atoms with Crippen LogP contribution in [0.5, 0.6) is 0 Å². The van der Waals surface area contributed by atoms with Gasteiger partial charge in [0.05, 0.1) is 6.54 Å². The fourth-order valence-corrected chi connectivity index (χ4v) is 2.76. The summed E-state index contributed by atoms with van der Waals surface area (Å²) in [5.74, 6) is -0.390. The fourth-order valence-electron chi connectivity index (χ4n) is 2.76. The van der Waals surface area contributed by atoms with Crippen molar-refractivity contribution in [2.24, 2.45) is 0 Å². The van der Waals surface area contributed by atoms with Gasteiger partial charge in [-0.05, 0) is 31.5 Å². The molecule has 1 atom stereocenters. The van der Waals surface area contributed by atoms with Gasteiger partial charge in [0, 0.05) is 22.9 Å². The number of H-pyrrole nitrogens is 1. The molecule has 0 aliphatic heterocycles. The first kappa shape index (κ1) is 18.6. The topological polar surface area (TPSA) is 88.5 Å². The van der Waals surface area contributed by atoms with Crippen LogP contribution in [0.2, 0.25) is 0 Å².